The monoisotopic (exact) mass is 336 g/mol. The largest absolute Gasteiger partial charge is 0.477 e. The maximum absolute atomic E-state index is 11.0. The first-order chi connectivity index (χ1) is 9.61. The molecule has 0 bridgehead atoms. The van der Waals surface area contributed by atoms with E-state index in [1.54, 1.807) is 6.07 Å². The minimum Gasteiger partial charge on any atom is -0.477 e. The van der Waals surface area contributed by atoms with Crippen molar-refractivity contribution >= 4 is 21.7 Å². The van der Waals surface area contributed by atoms with Crippen LogP contribution >= 0.6 is 15.9 Å². The second-order valence-electron chi connectivity index (χ2n) is 4.16. The lowest BCUT2D eigenvalue weighted by atomic mass is 10.1. The minimum absolute atomic E-state index is 0.167. The van der Waals surface area contributed by atoms with Crippen molar-refractivity contribution in [3.63, 3.8) is 0 Å². The fourth-order valence-corrected chi connectivity index (χ4v) is 2.16. The Balaban J connectivity index is 2.32. The van der Waals surface area contributed by atoms with Crippen molar-refractivity contribution in [2.75, 3.05) is 0 Å². The van der Waals surface area contributed by atoms with Crippen LogP contribution in [0.4, 0.5) is 5.82 Å². The summed E-state index contributed by atoms with van der Waals surface area (Å²) in [5.41, 5.74) is 0.976. The maximum Gasteiger partial charge on any atom is 0.406 e. The van der Waals surface area contributed by atoms with E-state index in [2.05, 4.69) is 20.9 Å². The molecule has 0 saturated heterocycles. The summed E-state index contributed by atoms with van der Waals surface area (Å²) in [6, 6.07) is 11.2. The zero-order valence-corrected chi connectivity index (χ0v) is 12.4. The molecule has 1 atom stereocenters. The average Bonchev–Trinajstić information content (AvgIpc) is 2.45. The molecule has 0 aliphatic rings. The number of ether oxygens (including phenoxy) is 1. The van der Waals surface area contributed by atoms with Crippen molar-refractivity contribution in [3.8, 4) is 5.75 Å². The van der Waals surface area contributed by atoms with Gasteiger partial charge in [-0.1, -0.05) is 37.3 Å². The van der Waals surface area contributed by atoms with E-state index in [1.165, 1.54) is 6.20 Å². The molecule has 6 heteroatoms. The lowest BCUT2D eigenvalue weighted by Gasteiger charge is -2.17. The van der Waals surface area contributed by atoms with Crippen LogP contribution in [0.3, 0.4) is 0 Å². The maximum atomic E-state index is 11.0. The van der Waals surface area contributed by atoms with Crippen molar-refractivity contribution < 1.29 is 9.66 Å². The lowest BCUT2D eigenvalue weighted by molar-refractivity contribution is -0.390. The Morgan fingerprint density at radius 2 is 2.10 bits per heavy atom. The highest BCUT2D eigenvalue weighted by Crippen LogP contribution is 2.32. The van der Waals surface area contributed by atoms with Gasteiger partial charge in [-0.25, -0.2) is 0 Å². The summed E-state index contributed by atoms with van der Waals surface area (Å²) in [5, 5.41) is 11.0. The Bertz CT molecular complexity index is 605. The van der Waals surface area contributed by atoms with E-state index in [1.807, 2.05) is 37.3 Å². The van der Waals surface area contributed by atoms with Crippen LogP contribution in [0.5, 0.6) is 5.75 Å². The first kappa shape index (κ1) is 14.5. The molecule has 0 fully saturated rings. The molecule has 0 radical (unpaired) electrons. The van der Waals surface area contributed by atoms with Crippen LogP contribution in [0.1, 0.15) is 25.0 Å². The third-order valence-corrected chi connectivity index (χ3v) is 3.22. The van der Waals surface area contributed by atoms with Gasteiger partial charge in [-0.15, -0.1) is 0 Å². The van der Waals surface area contributed by atoms with Gasteiger partial charge in [0.1, 0.15) is 6.10 Å². The van der Waals surface area contributed by atoms with Gasteiger partial charge in [-0.3, -0.25) is 0 Å². The Morgan fingerprint density at radius 1 is 1.40 bits per heavy atom. The normalized spacial score (nSPS) is 11.9. The van der Waals surface area contributed by atoms with E-state index in [-0.39, 0.29) is 17.7 Å². The fraction of sp³-hybridized carbons (Fsp3) is 0.214. The van der Waals surface area contributed by atoms with Crippen LogP contribution in [0.2, 0.25) is 0 Å². The molecular weight excluding hydrogens is 324 g/mol. The third kappa shape index (κ3) is 3.33. The zero-order chi connectivity index (χ0) is 14.5. The summed E-state index contributed by atoms with van der Waals surface area (Å²) < 4.78 is 6.43. The molecule has 2 aromatic rings. The second kappa shape index (κ2) is 6.47. The second-order valence-corrected chi connectivity index (χ2v) is 5.07. The molecule has 1 aromatic carbocycles. The molecule has 1 heterocycles. The minimum atomic E-state index is -0.542. The van der Waals surface area contributed by atoms with E-state index in [9.17, 15) is 10.1 Å². The van der Waals surface area contributed by atoms with Crippen LogP contribution in [0.25, 0.3) is 0 Å². The molecule has 0 spiro atoms. The van der Waals surface area contributed by atoms with Crippen LogP contribution < -0.4 is 4.74 Å². The Morgan fingerprint density at radius 3 is 2.70 bits per heavy atom. The van der Waals surface area contributed by atoms with Gasteiger partial charge in [0.05, 0.1) is 4.47 Å². The quantitative estimate of drug-likeness (QED) is 0.603. The highest BCUT2D eigenvalue weighted by molar-refractivity contribution is 9.10. The van der Waals surface area contributed by atoms with Gasteiger partial charge < -0.3 is 14.9 Å². The van der Waals surface area contributed by atoms with E-state index < -0.39 is 4.92 Å². The standard InChI is InChI=1S/C14H13BrN2O3/c1-2-12(10-6-4-3-5-7-10)20-13-8-11(15)9-16-14(13)17(18)19/h3-9,12H,2H2,1H3. The van der Waals surface area contributed by atoms with Gasteiger partial charge in [0.2, 0.25) is 5.75 Å². The number of pyridine rings is 1. The number of benzene rings is 1. The summed E-state index contributed by atoms with van der Waals surface area (Å²) in [5.74, 6) is -0.109. The van der Waals surface area contributed by atoms with Crippen LogP contribution in [0, 0.1) is 10.1 Å². The molecule has 1 aromatic heterocycles. The predicted molar refractivity (Wildman–Crippen MR) is 78.7 cm³/mol. The molecule has 0 saturated carbocycles. The zero-order valence-electron chi connectivity index (χ0n) is 10.8. The topological polar surface area (TPSA) is 65.3 Å². The molecule has 0 aliphatic carbocycles. The average molecular weight is 337 g/mol. The molecule has 20 heavy (non-hydrogen) atoms. The van der Waals surface area contributed by atoms with Crippen molar-refractivity contribution in [1.29, 1.82) is 0 Å². The van der Waals surface area contributed by atoms with E-state index in [4.69, 9.17) is 4.74 Å². The Labute approximate surface area is 124 Å². The first-order valence-corrected chi connectivity index (χ1v) is 6.92. The van der Waals surface area contributed by atoms with Gasteiger partial charge in [0, 0.05) is 6.07 Å². The van der Waals surface area contributed by atoms with E-state index in [0.717, 1.165) is 5.56 Å². The van der Waals surface area contributed by atoms with Crippen molar-refractivity contribution in [2.45, 2.75) is 19.4 Å². The number of hydrogen-bond acceptors (Lipinski definition) is 4. The molecule has 5 nitrogen and oxygen atoms in total. The molecule has 0 amide bonds. The Hall–Kier alpha value is -1.95. The number of halogens is 1. The third-order valence-electron chi connectivity index (χ3n) is 2.78. The van der Waals surface area contributed by atoms with Gasteiger partial charge in [0.15, 0.2) is 6.20 Å². The predicted octanol–water partition coefficient (Wildman–Crippen LogP) is 4.28. The Kier molecular flexibility index (Phi) is 4.68. The SMILES string of the molecule is CCC(Oc1cc(Br)cnc1[N+](=O)[O-])c1ccccc1. The summed E-state index contributed by atoms with van der Waals surface area (Å²) >= 11 is 3.25. The summed E-state index contributed by atoms with van der Waals surface area (Å²) in [7, 11) is 0. The highest BCUT2D eigenvalue weighted by Gasteiger charge is 2.21. The highest BCUT2D eigenvalue weighted by atomic mass is 79.9. The van der Waals surface area contributed by atoms with Crippen LogP contribution in [-0.2, 0) is 0 Å². The summed E-state index contributed by atoms with van der Waals surface area (Å²) in [6.45, 7) is 1.97. The van der Waals surface area contributed by atoms with Gasteiger partial charge >= 0.3 is 5.82 Å². The fourth-order valence-electron chi connectivity index (χ4n) is 1.85. The van der Waals surface area contributed by atoms with E-state index in [0.29, 0.717) is 10.9 Å². The molecule has 0 N–H and O–H groups in total. The van der Waals surface area contributed by atoms with Gasteiger partial charge in [-0.05, 0) is 37.8 Å². The molecule has 0 aliphatic heterocycles. The van der Waals surface area contributed by atoms with Crippen molar-refractivity contribution in [1.82, 2.24) is 4.98 Å². The van der Waals surface area contributed by atoms with Gasteiger partial charge in [0.25, 0.3) is 0 Å². The number of hydrogen-bond donors (Lipinski definition) is 0. The van der Waals surface area contributed by atoms with Crippen molar-refractivity contribution in [3.05, 3.63) is 62.7 Å². The number of aromatic nitrogens is 1. The molecule has 2 rings (SSSR count). The summed E-state index contributed by atoms with van der Waals surface area (Å²) in [6.07, 6.45) is 1.84. The molecule has 1 unspecified atom stereocenters. The summed E-state index contributed by atoms with van der Waals surface area (Å²) in [4.78, 5) is 14.2. The van der Waals surface area contributed by atoms with Crippen LogP contribution in [-0.4, -0.2) is 9.91 Å². The number of rotatable bonds is 5. The van der Waals surface area contributed by atoms with Gasteiger partial charge in [-0.2, -0.15) is 0 Å². The van der Waals surface area contributed by atoms with Crippen molar-refractivity contribution in [2.24, 2.45) is 0 Å². The van der Waals surface area contributed by atoms with E-state index >= 15 is 0 Å². The number of nitrogens with zero attached hydrogens (tertiary/aromatic N) is 2. The lowest BCUT2D eigenvalue weighted by Crippen LogP contribution is -2.08. The smallest absolute Gasteiger partial charge is 0.406 e. The number of nitro groups is 1. The molecule has 104 valence electrons. The molecular formula is C14H13BrN2O3. The first-order valence-electron chi connectivity index (χ1n) is 6.13. The van der Waals surface area contributed by atoms with Crippen LogP contribution in [0.15, 0.2) is 47.1 Å².